The monoisotopic (exact) mass is 343 g/mol. The van der Waals surface area contributed by atoms with Crippen molar-refractivity contribution in [1.82, 2.24) is 9.59 Å². The van der Waals surface area contributed by atoms with E-state index >= 15 is 0 Å². The third-order valence-corrected chi connectivity index (χ3v) is 4.10. The molecule has 1 heterocycles. The summed E-state index contributed by atoms with van der Waals surface area (Å²) in [5.74, 6) is -0.316. The molecule has 0 amide bonds. The zero-order chi connectivity index (χ0) is 14.2. The Bertz CT molecular complexity index is 592. The van der Waals surface area contributed by atoms with E-state index in [9.17, 15) is 4.39 Å². The summed E-state index contributed by atoms with van der Waals surface area (Å²) in [4.78, 5) is 0.810. The molecule has 0 aliphatic rings. The number of halogens is 2. The zero-order valence-electron chi connectivity index (χ0n) is 10.9. The van der Waals surface area contributed by atoms with Gasteiger partial charge in [-0.3, -0.25) is 0 Å². The van der Waals surface area contributed by atoms with Crippen molar-refractivity contribution in [2.75, 3.05) is 0 Å². The van der Waals surface area contributed by atoms with Crippen molar-refractivity contribution < 1.29 is 4.39 Å². The maximum Gasteiger partial charge on any atom is 0.128 e. The molecule has 102 valence electrons. The van der Waals surface area contributed by atoms with E-state index in [1.165, 1.54) is 17.6 Å². The van der Waals surface area contributed by atoms with Gasteiger partial charge in [0, 0.05) is 15.5 Å². The minimum atomic E-state index is -0.549. The van der Waals surface area contributed by atoms with Gasteiger partial charge in [0.2, 0.25) is 0 Å². The maximum absolute atomic E-state index is 13.9. The molecule has 6 heteroatoms. The Hall–Kier alpha value is -0.850. The van der Waals surface area contributed by atoms with E-state index in [0.717, 1.165) is 15.0 Å². The fourth-order valence-electron chi connectivity index (χ4n) is 1.82. The predicted octanol–water partition coefficient (Wildman–Crippen LogP) is 3.79. The van der Waals surface area contributed by atoms with Crippen LogP contribution < -0.4 is 5.73 Å². The Morgan fingerprint density at radius 2 is 2.05 bits per heavy atom. The minimum absolute atomic E-state index is 0.164. The lowest BCUT2D eigenvalue weighted by molar-refractivity contribution is 0.552. The van der Waals surface area contributed by atoms with Gasteiger partial charge in [-0.25, -0.2) is 4.39 Å². The van der Waals surface area contributed by atoms with E-state index < -0.39 is 6.04 Å². The standard InChI is InChI=1S/C13H15BrFN3S/c1-13(2,3)12-11(19-18-17-12)10(16)8-6-7(14)4-5-9(8)15/h4-6,10H,16H2,1-3H3. The summed E-state index contributed by atoms with van der Waals surface area (Å²) in [6, 6.07) is 4.21. The molecular formula is C13H15BrFN3S. The molecule has 3 nitrogen and oxygen atoms in total. The van der Waals surface area contributed by atoms with Crippen LogP contribution in [-0.2, 0) is 5.41 Å². The lowest BCUT2D eigenvalue weighted by Gasteiger charge is -2.20. The van der Waals surface area contributed by atoms with Crippen LogP contribution in [0.3, 0.4) is 0 Å². The van der Waals surface area contributed by atoms with Crippen LogP contribution in [0.4, 0.5) is 4.39 Å². The number of aromatic nitrogens is 2. The van der Waals surface area contributed by atoms with E-state index in [1.54, 1.807) is 12.1 Å². The molecular weight excluding hydrogens is 329 g/mol. The van der Waals surface area contributed by atoms with Crippen LogP contribution in [0, 0.1) is 5.82 Å². The van der Waals surface area contributed by atoms with Crippen molar-refractivity contribution in [3.8, 4) is 0 Å². The number of hydrogen-bond acceptors (Lipinski definition) is 4. The average Bonchev–Trinajstić information content (AvgIpc) is 2.80. The van der Waals surface area contributed by atoms with E-state index in [4.69, 9.17) is 5.73 Å². The van der Waals surface area contributed by atoms with Crippen LogP contribution in [0.15, 0.2) is 22.7 Å². The first-order valence-corrected chi connectivity index (χ1v) is 7.40. The smallest absolute Gasteiger partial charge is 0.128 e. The normalized spacial score (nSPS) is 13.6. The molecule has 1 unspecified atom stereocenters. The third kappa shape index (κ3) is 3.01. The Labute approximate surface area is 124 Å². The van der Waals surface area contributed by atoms with Crippen molar-refractivity contribution in [2.45, 2.75) is 32.2 Å². The van der Waals surface area contributed by atoms with Crippen LogP contribution in [-0.4, -0.2) is 9.59 Å². The molecule has 0 saturated carbocycles. The summed E-state index contributed by atoms with van der Waals surface area (Å²) in [7, 11) is 0. The Balaban J connectivity index is 2.48. The molecule has 2 N–H and O–H groups in total. The van der Waals surface area contributed by atoms with Crippen molar-refractivity contribution >= 4 is 27.5 Å². The summed E-state index contributed by atoms with van der Waals surface area (Å²) in [5, 5.41) is 4.14. The Morgan fingerprint density at radius 3 is 2.68 bits per heavy atom. The van der Waals surface area contributed by atoms with Crippen LogP contribution >= 0.6 is 27.5 Å². The molecule has 0 aliphatic heterocycles. The summed E-state index contributed by atoms with van der Waals surface area (Å²) in [6.45, 7) is 6.12. The highest BCUT2D eigenvalue weighted by atomic mass is 79.9. The molecule has 1 aromatic carbocycles. The average molecular weight is 344 g/mol. The lowest BCUT2D eigenvalue weighted by atomic mass is 9.89. The number of benzene rings is 1. The largest absolute Gasteiger partial charge is 0.319 e. The second-order valence-corrected chi connectivity index (χ2v) is 7.08. The van der Waals surface area contributed by atoms with E-state index in [0.29, 0.717) is 5.56 Å². The second-order valence-electron chi connectivity index (χ2n) is 5.38. The van der Waals surface area contributed by atoms with E-state index in [1.807, 2.05) is 20.8 Å². The summed E-state index contributed by atoms with van der Waals surface area (Å²) >= 11 is 4.56. The van der Waals surface area contributed by atoms with Crippen LogP contribution in [0.5, 0.6) is 0 Å². The van der Waals surface area contributed by atoms with E-state index in [2.05, 4.69) is 25.5 Å². The van der Waals surface area contributed by atoms with Gasteiger partial charge in [0.05, 0.1) is 16.6 Å². The van der Waals surface area contributed by atoms with Gasteiger partial charge in [-0.2, -0.15) is 0 Å². The SMILES string of the molecule is CC(C)(C)c1nnsc1C(N)c1cc(Br)ccc1F. The van der Waals surface area contributed by atoms with Gasteiger partial charge >= 0.3 is 0 Å². The topological polar surface area (TPSA) is 51.8 Å². The van der Waals surface area contributed by atoms with Gasteiger partial charge in [-0.05, 0) is 29.7 Å². The summed E-state index contributed by atoms with van der Waals surface area (Å²) in [5.41, 5.74) is 7.31. The Kier molecular flexibility index (Phi) is 4.03. The lowest BCUT2D eigenvalue weighted by Crippen LogP contribution is -2.20. The minimum Gasteiger partial charge on any atom is -0.319 e. The van der Waals surface area contributed by atoms with Gasteiger partial charge < -0.3 is 5.73 Å². The molecule has 2 aromatic rings. The van der Waals surface area contributed by atoms with Crippen molar-refractivity contribution in [3.05, 3.63) is 44.6 Å². The fourth-order valence-corrected chi connectivity index (χ4v) is 3.08. The highest BCUT2D eigenvalue weighted by Gasteiger charge is 2.27. The number of hydrogen-bond donors (Lipinski definition) is 1. The van der Waals surface area contributed by atoms with Crippen molar-refractivity contribution in [3.63, 3.8) is 0 Å². The number of nitrogens with two attached hydrogens (primary N) is 1. The molecule has 0 radical (unpaired) electrons. The highest BCUT2D eigenvalue weighted by Crippen LogP contribution is 2.33. The first-order valence-electron chi connectivity index (χ1n) is 5.84. The molecule has 0 saturated heterocycles. The predicted molar refractivity (Wildman–Crippen MR) is 78.7 cm³/mol. The first kappa shape index (κ1) is 14.6. The second kappa shape index (κ2) is 5.26. The number of rotatable bonds is 2. The molecule has 1 aromatic heterocycles. The summed E-state index contributed by atoms with van der Waals surface area (Å²) in [6.07, 6.45) is 0. The van der Waals surface area contributed by atoms with Gasteiger partial charge in [-0.15, -0.1) is 5.10 Å². The van der Waals surface area contributed by atoms with Gasteiger partial charge in [0.25, 0.3) is 0 Å². The molecule has 0 bridgehead atoms. The molecule has 0 fully saturated rings. The van der Waals surface area contributed by atoms with Crippen LogP contribution in [0.25, 0.3) is 0 Å². The van der Waals surface area contributed by atoms with Crippen LogP contribution in [0.1, 0.15) is 42.9 Å². The third-order valence-electron chi connectivity index (χ3n) is 2.80. The quantitative estimate of drug-likeness (QED) is 0.902. The number of nitrogens with zero attached hydrogens (tertiary/aromatic N) is 2. The van der Waals surface area contributed by atoms with Crippen molar-refractivity contribution in [2.24, 2.45) is 5.73 Å². The van der Waals surface area contributed by atoms with Crippen molar-refractivity contribution in [1.29, 1.82) is 0 Å². The summed E-state index contributed by atoms with van der Waals surface area (Å²) < 4.78 is 18.7. The van der Waals surface area contributed by atoms with Gasteiger partial charge in [-0.1, -0.05) is 41.2 Å². The fraction of sp³-hybridized carbons (Fsp3) is 0.385. The molecule has 0 spiro atoms. The molecule has 0 aliphatic carbocycles. The zero-order valence-corrected chi connectivity index (χ0v) is 13.3. The molecule has 1 atom stereocenters. The van der Waals surface area contributed by atoms with Gasteiger partial charge in [0.15, 0.2) is 0 Å². The van der Waals surface area contributed by atoms with Crippen LogP contribution in [0.2, 0.25) is 0 Å². The van der Waals surface area contributed by atoms with Gasteiger partial charge in [0.1, 0.15) is 5.82 Å². The maximum atomic E-state index is 13.9. The highest BCUT2D eigenvalue weighted by molar-refractivity contribution is 9.10. The first-order chi connectivity index (χ1) is 8.80. The van der Waals surface area contributed by atoms with E-state index in [-0.39, 0.29) is 11.2 Å². The molecule has 19 heavy (non-hydrogen) atoms. The Morgan fingerprint density at radius 1 is 1.37 bits per heavy atom. The molecule has 2 rings (SSSR count).